The maximum absolute atomic E-state index is 10.3. The molecule has 2 saturated heterocycles. The van der Waals surface area contributed by atoms with E-state index in [1.54, 1.807) is 0 Å². The Balaban J connectivity index is 1.59. The number of benzene rings is 2. The van der Waals surface area contributed by atoms with Crippen molar-refractivity contribution >= 4 is 11.6 Å². The lowest BCUT2D eigenvalue weighted by atomic mass is 9.87. The predicted molar refractivity (Wildman–Crippen MR) is 106 cm³/mol. The number of ether oxygens (including phenoxy) is 3. The molecule has 3 atom stereocenters. The van der Waals surface area contributed by atoms with Gasteiger partial charge in [-0.2, -0.15) is 0 Å². The average molecular weight is 405 g/mol. The molecule has 28 heavy (non-hydrogen) atoms. The molecule has 0 aliphatic carbocycles. The Morgan fingerprint density at radius 3 is 2.71 bits per heavy atom. The molecular weight excluding hydrogens is 380 g/mol. The van der Waals surface area contributed by atoms with E-state index in [4.69, 9.17) is 25.8 Å². The van der Waals surface area contributed by atoms with Gasteiger partial charge in [0.2, 0.25) is 0 Å². The SMILES string of the molecule is CCOc1ccc(Cc2cc([C@]34CC[C@H](O)[C@](CO)(CO3)O4)ccc2Cl)cc1. The monoisotopic (exact) mass is 404 g/mol. The molecule has 150 valence electrons. The molecule has 2 N–H and O–H groups in total. The molecule has 0 unspecified atom stereocenters. The quantitative estimate of drug-likeness (QED) is 0.772. The summed E-state index contributed by atoms with van der Waals surface area (Å²) >= 11 is 6.46. The molecule has 0 radical (unpaired) electrons. The minimum absolute atomic E-state index is 0.168. The Labute approximate surface area is 169 Å². The smallest absolute Gasteiger partial charge is 0.196 e. The van der Waals surface area contributed by atoms with Gasteiger partial charge >= 0.3 is 0 Å². The molecule has 6 heteroatoms. The highest BCUT2D eigenvalue weighted by atomic mass is 35.5. The van der Waals surface area contributed by atoms with E-state index < -0.39 is 17.5 Å². The molecule has 0 amide bonds. The van der Waals surface area contributed by atoms with Crippen molar-refractivity contribution in [1.29, 1.82) is 0 Å². The Morgan fingerprint density at radius 1 is 1.21 bits per heavy atom. The summed E-state index contributed by atoms with van der Waals surface area (Å²) in [6, 6.07) is 13.7. The van der Waals surface area contributed by atoms with Crippen molar-refractivity contribution in [3.8, 4) is 5.75 Å². The highest BCUT2D eigenvalue weighted by molar-refractivity contribution is 6.31. The molecule has 0 aromatic heterocycles. The standard InChI is InChI=1S/C22H25ClO5/c1-2-26-18-6-3-15(4-7-18)11-16-12-17(5-8-19(16)23)22-10-9-20(25)21(13-24,28-22)14-27-22/h3-8,12,20,24-25H,2,9-11,13-14H2,1H3/t20-,21-,22+/m0/s1. The summed E-state index contributed by atoms with van der Waals surface area (Å²) in [7, 11) is 0. The van der Waals surface area contributed by atoms with Crippen LogP contribution in [0.1, 0.15) is 36.5 Å². The molecule has 4 rings (SSSR count). The third-order valence-corrected chi connectivity index (χ3v) is 6.02. The van der Waals surface area contributed by atoms with E-state index in [0.717, 1.165) is 22.4 Å². The highest BCUT2D eigenvalue weighted by Crippen LogP contribution is 2.49. The van der Waals surface area contributed by atoms with Gasteiger partial charge in [0.1, 0.15) is 11.4 Å². The molecule has 2 bridgehead atoms. The van der Waals surface area contributed by atoms with Crippen LogP contribution in [-0.4, -0.2) is 41.7 Å². The molecule has 0 spiro atoms. The number of aliphatic hydroxyl groups excluding tert-OH is 2. The van der Waals surface area contributed by atoms with Gasteiger partial charge < -0.3 is 24.4 Å². The normalized spacial score (nSPS) is 29.1. The van der Waals surface area contributed by atoms with Crippen LogP contribution in [0.2, 0.25) is 5.02 Å². The van der Waals surface area contributed by atoms with Gasteiger partial charge in [-0.05, 0) is 55.2 Å². The van der Waals surface area contributed by atoms with Crippen molar-refractivity contribution in [2.45, 2.75) is 43.7 Å². The van der Waals surface area contributed by atoms with Crippen molar-refractivity contribution in [2.75, 3.05) is 19.8 Å². The number of aliphatic hydroxyl groups is 2. The molecule has 2 aromatic carbocycles. The highest BCUT2D eigenvalue weighted by Gasteiger charge is 2.58. The minimum Gasteiger partial charge on any atom is -0.494 e. The molecule has 2 heterocycles. The maximum Gasteiger partial charge on any atom is 0.196 e. The molecule has 2 aliphatic heterocycles. The van der Waals surface area contributed by atoms with Gasteiger partial charge in [0.25, 0.3) is 0 Å². The summed E-state index contributed by atoms with van der Waals surface area (Å²) in [5, 5.41) is 20.7. The molecule has 0 saturated carbocycles. The fourth-order valence-electron chi connectivity index (χ4n) is 4.01. The van der Waals surface area contributed by atoms with E-state index >= 15 is 0 Å². The minimum atomic E-state index is -1.05. The number of hydrogen-bond acceptors (Lipinski definition) is 5. The summed E-state index contributed by atoms with van der Waals surface area (Å²) in [6.45, 7) is 2.49. The topological polar surface area (TPSA) is 68.2 Å². The van der Waals surface area contributed by atoms with Crippen LogP contribution < -0.4 is 4.74 Å². The van der Waals surface area contributed by atoms with E-state index in [1.165, 1.54) is 0 Å². The van der Waals surface area contributed by atoms with Crippen LogP contribution >= 0.6 is 11.6 Å². The fourth-order valence-corrected chi connectivity index (χ4v) is 4.19. The Bertz CT molecular complexity index is 839. The summed E-state index contributed by atoms with van der Waals surface area (Å²) in [5.74, 6) is -0.0982. The first-order valence-electron chi connectivity index (χ1n) is 9.64. The van der Waals surface area contributed by atoms with Crippen LogP contribution in [0.15, 0.2) is 42.5 Å². The summed E-state index contributed by atoms with van der Waals surface area (Å²) in [6.07, 6.45) is 0.976. The molecule has 2 aromatic rings. The Morgan fingerprint density at radius 2 is 2.00 bits per heavy atom. The second-order valence-corrected chi connectivity index (χ2v) is 7.89. The van der Waals surface area contributed by atoms with Crippen LogP contribution in [0.3, 0.4) is 0 Å². The first-order chi connectivity index (χ1) is 13.5. The summed E-state index contributed by atoms with van der Waals surface area (Å²) in [4.78, 5) is 0. The van der Waals surface area contributed by atoms with Crippen LogP contribution in [0.5, 0.6) is 5.75 Å². The third-order valence-electron chi connectivity index (χ3n) is 5.65. The van der Waals surface area contributed by atoms with E-state index in [2.05, 4.69) is 0 Å². The van der Waals surface area contributed by atoms with Crippen molar-refractivity contribution in [1.82, 2.24) is 0 Å². The van der Waals surface area contributed by atoms with E-state index in [9.17, 15) is 10.2 Å². The van der Waals surface area contributed by atoms with Crippen LogP contribution in [0, 0.1) is 0 Å². The lowest BCUT2D eigenvalue weighted by Gasteiger charge is -2.40. The van der Waals surface area contributed by atoms with Crippen LogP contribution in [0.25, 0.3) is 0 Å². The van der Waals surface area contributed by atoms with Crippen molar-refractivity contribution < 1.29 is 24.4 Å². The lowest BCUT2D eigenvalue weighted by molar-refractivity contribution is -0.254. The summed E-state index contributed by atoms with van der Waals surface area (Å²) in [5.41, 5.74) is 1.90. The number of fused-ring (bicyclic) bond motifs is 2. The van der Waals surface area contributed by atoms with Gasteiger partial charge in [0, 0.05) is 17.0 Å². The van der Waals surface area contributed by atoms with Crippen molar-refractivity contribution in [3.05, 3.63) is 64.2 Å². The van der Waals surface area contributed by atoms with Gasteiger partial charge in [0.15, 0.2) is 5.79 Å². The first-order valence-corrected chi connectivity index (χ1v) is 10.0. The maximum atomic E-state index is 10.3. The zero-order valence-corrected chi connectivity index (χ0v) is 16.6. The van der Waals surface area contributed by atoms with Gasteiger partial charge in [0.05, 0.1) is 25.9 Å². The second kappa shape index (κ2) is 7.65. The molecular formula is C22H25ClO5. The van der Waals surface area contributed by atoms with Crippen LogP contribution in [-0.2, 0) is 21.7 Å². The zero-order chi connectivity index (χ0) is 19.8. The first kappa shape index (κ1) is 19.7. The third kappa shape index (κ3) is 3.42. The van der Waals surface area contributed by atoms with Crippen molar-refractivity contribution in [2.24, 2.45) is 0 Å². The zero-order valence-electron chi connectivity index (χ0n) is 15.9. The Kier molecular flexibility index (Phi) is 5.38. The van der Waals surface area contributed by atoms with E-state index in [-0.39, 0.29) is 13.2 Å². The van der Waals surface area contributed by atoms with Gasteiger partial charge in [-0.3, -0.25) is 0 Å². The van der Waals surface area contributed by atoms with E-state index in [0.29, 0.717) is 30.9 Å². The molecule has 2 fully saturated rings. The summed E-state index contributed by atoms with van der Waals surface area (Å²) < 4.78 is 17.6. The average Bonchev–Trinajstić information content (AvgIpc) is 3.05. The van der Waals surface area contributed by atoms with Gasteiger partial charge in [-0.1, -0.05) is 29.8 Å². The van der Waals surface area contributed by atoms with Crippen LogP contribution in [0.4, 0.5) is 0 Å². The predicted octanol–water partition coefficient (Wildman–Crippen LogP) is 3.41. The second-order valence-electron chi connectivity index (χ2n) is 7.48. The number of hydrogen-bond donors (Lipinski definition) is 2. The molecule has 5 nitrogen and oxygen atoms in total. The van der Waals surface area contributed by atoms with Gasteiger partial charge in [-0.15, -0.1) is 0 Å². The Hall–Kier alpha value is -1.63. The van der Waals surface area contributed by atoms with E-state index in [1.807, 2.05) is 49.4 Å². The number of halogens is 1. The largest absolute Gasteiger partial charge is 0.494 e. The lowest BCUT2D eigenvalue weighted by Crippen LogP contribution is -2.52. The molecule has 2 aliphatic rings. The number of rotatable bonds is 6. The van der Waals surface area contributed by atoms with Gasteiger partial charge in [-0.25, -0.2) is 0 Å². The van der Waals surface area contributed by atoms with Crippen molar-refractivity contribution in [3.63, 3.8) is 0 Å². The fraction of sp³-hybridized carbons (Fsp3) is 0.455.